The first-order chi connectivity index (χ1) is 16.6. The Morgan fingerprint density at radius 3 is 2.20 bits per heavy atom. The number of benzene rings is 3. The fourth-order valence-electron chi connectivity index (χ4n) is 3.52. The molecule has 0 bridgehead atoms. The smallest absolute Gasteiger partial charge is 0.245 e. The Morgan fingerprint density at radius 1 is 0.943 bits per heavy atom. The second-order valence-corrected chi connectivity index (χ2v) is 10.4. The maximum absolute atomic E-state index is 13.5. The summed E-state index contributed by atoms with van der Waals surface area (Å²) in [5.41, 5.74) is 2.05. The number of nitrogens with one attached hydrogen (secondary N) is 2. The van der Waals surface area contributed by atoms with Crippen LogP contribution in [0, 0.1) is 0 Å². The molecule has 0 aromatic heterocycles. The first-order valence-electron chi connectivity index (χ1n) is 11.0. The van der Waals surface area contributed by atoms with E-state index in [0.717, 1.165) is 11.1 Å². The molecule has 186 valence electrons. The SMILES string of the molecule is COc1ccc(NC(=O)C(Cc2ccccc2)NS(=O)(=O)c2cc(C(C)C)ccc2OC)cc1Cl. The summed E-state index contributed by atoms with van der Waals surface area (Å²) in [4.78, 5) is 13.3. The molecular weight excluding hydrogens is 488 g/mol. The first kappa shape index (κ1) is 26.5. The van der Waals surface area contributed by atoms with Crippen molar-refractivity contribution in [2.24, 2.45) is 0 Å². The summed E-state index contributed by atoms with van der Waals surface area (Å²) in [6.07, 6.45) is 0.141. The molecule has 0 aliphatic carbocycles. The van der Waals surface area contributed by atoms with Gasteiger partial charge in [0.1, 0.15) is 22.4 Å². The van der Waals surface area contributed by atoms with Gasteiger partial charge in [0.25, 0.3) is 0 Å². The molecule has 0 fully saturated rings. The lowest BCUT2D eigenvalue weighted by molar-refractivity contribution is -0.117. The average molecular weight is 517 g/mol. The number of rotatable bonds is 10. The molecule has 0 heterocycles. The van der Waals surface area contributed by atoms with E-state index in [1.807, 2.05) is 50.2 Å². The molecule has 3 aromatic carbocycles. The maximum Gasteiger partial charge on any atom is 0.245 e. The van der Waals surface area contributed by atoms with Gasteiger partial charge in [-0.2, -0.15) is 4.72 Å². The van der Waals surface area contributed by atoms with Crippen LogP contribution >= 0.6 is 11.6 Å². The third-order valence-electron chi connectivity index (χ3n) is 5.46. The Kier molecular flexibility index (Phi) is 8.77. The van der Waals surface area contributed by atoms with E-state index < -0.39 is 22.0 Å². The maximum atomic E-state index is 13.5. The lowest BCUT2D eigenvalue weighted by atomic mass is 10.0. The molecule has 0 radical (unpaired) electrons. The van der Waals surface area contributed by atoms with Gasteiger partial charge in [-0.1, -0.05) is 61.8 Å². The van der Waals surface area contributed by atoms with Gasteiger partial charge in [-0.15, -0.1) is 0 Å². The molecule has 0 saturated heterocycles. The van der Waals surface area contributed by atoms with E-state index in [-0.39, 0.29) is 23.0 Å². The van der Waals surface area contributed by atoms with Gasteiger partial charge in [0.05, 0.1) is 19.2 Å². The van der Waals surface area contributed by atoms with Crippen molar-refractivity contribution in [2.75, 3.05) is 19.5 Å². The van der Waals surface area contributed by atoms with E-state index >= 15 is 0 Å². The van der Waals surface area contributed by atoms with E-state index in [0.29, 0.717) is 16.5 Å². The number of sulfonamides is 1. The number of hydrogen-bond donors (Lipinski definition) is 2. The van der Waals surface area contributed by atoms with Crippen molar-refractivity contribution in [3.8, 4) is 11.5 Å². The highest BCUT2D eigenvalue weighted by atomic mass is 35.5. The number of carbonyl (C=O) groups is 1. The number of carbonyl (C=O) groups excluding carboxylic acids is 1. The van der Waals surface area contributed by atoms with Crippen molar-refractivity contribution in [1.82, 2.24) is 4.72 Å². The number of amides is 1. The molecule has 0 aliphatic heterocycles. The first-order valence-corrected chi connectivity index (χ1v) is 12.9. The Morgan fingerprint density at radius 2 is 1.60 bits per heavy atom. The lowest BCUT2D eigenvalue weighted by Crippen LogP contribution is -2.45. The molecular formula is C26H29ClN2O5S. The van der Waals surface area contributed by atoms with Crippen LogP contribution in [0.5, 0.6) is 11.5 Å². The van der Waals surface area contributed by atoms with Gasteiger partial charge in [-0.25, -0.2) is 8.42 Å². The largest absolute Gasteiger partial charge is 0.495 e. The Labute approximate surface area is 211 Å². The number of methoxy groups -OCH3 is 2. The van der Waals surface area contributed by atoms with Gasteiger partial charge in [-0.05, 0) is 53.8 Å². The number of anilines is 1. The minimum Gasteiger partial charge on any atom is -0.495 e. The summed E-state index contributed by atoms with van der Waals surface area (Å²) < 4.78 is 40.0. The van der Waals surface area contributed by atoms with Gasteiger partial charge in [-0.3, -0.25) is 4.79 Å². The van der Waals surface area contributed by atoms with E-state index in [2.05, 4.69) is 10.0 Å². The van der Waals surface area contributed by atoms with Crippen molar-refractivity contribution < 1.29 is 22.7 Å². The summed E-state index contributed by atoms with van der Waals surface area (Å²) in [6, 6.07) is 17.9. The number of hydrogen-bond acceptors (Lipinski definition) is 5. The summed E-state index contributed by atoms with van der Waals surface area (Å²) in [6.45, 7) is 3.94. The van der Waals surface area contributed by atoms with Crippen LogP contribution < -0.4 is 19.5 Å². The molecule has 1 atom stereocenters. The predicted octanol–water partition coefficient (Wildman–Crippen LogP) is 5.01. The molecule has 9 heteroatoms. The van der Waals surface area contributed by atoms with Crippen molar-refractivity contribution in [2.45, 2.75) is 37.1 Å². The van der Waals surface area contributed by atoms with Crippen LogP contribution in [-0.4, -0.2) is 34.6 Å². The third-order valence-corrected chi connectivity index (χ3v) is 7.25. The van der Waals surface area contributed by atoms with Crippen LogP contribution in [0.1, 0.15) is 30.9 Å². The average Bonchev–Trinajstić information content (AvgIpc) is 2.83. The Hall–Kier alpha value is -3.07. The fourth-order valence-corrected chi connectivity index (χ4v) is 5.18. The molecule has 1 amide bonds. The van der Waals surface area contributed by atoms with Crippen molar-refractivity contribution in [3.05, 3.63) is 82.9 Å². The van der Waals surface area contributed by atoms with Gasteiger partial charge in [0.15, 0.2) is 0 Å². The highest BCUT2D eigenvalue weighted by molar-refractivity contribution is 7.89. The van der Waals surface area contributed by atoms with Crippen LogP contribution in [0.25, 0.3) is 0 Å². The van der Waals surface area contributed by atoms with E-state index in [1.54, 1.807) is 30.3 Å². The summed E-state index contributed by atoms with van der Waals surface area (Å²) in [5.74, 6) is 0.238. The predicted molar refractivity (Wildman–Crippen MR) is 138 cm³/mol. The number of halogens is 1. The summed E-state index contributed by atoms with van der Waals surface area (Å²) in [7, 11) is -1.22. The van der Waals surface area contributed by atoms with Crippen molar-refractivity contribution in [1.29, 1.82) is 0 Å². The molecule has 1 unspecified atom stereocenters. The zero-order chi connectivity index (χ0) is 25.6. The van der Waals surface area contributed by atoms with E-state index in [1.165, 1.54) is 14.2 Å². The monoisotopic (exact) mass is 516 g/mol. The minimum absolute atomic E-state index is 0.0236. The second kappa shape index (κ2) is 11.6. The normalized spacial score (nSPS) is 12.3. The Balaban J connectivity index is 1.94. The molecule has 3 rings (SSSR count). The van der Waals surface area contributed by atoms with Crippen LogP contribution in [0.2, 0.25) is 5.02 Å². The summed E-state index contributed by atoms with van der Waals surface area (Å²) in [5, 5.41) is 3.07. The highest BCUT2D eigenvalue weighted by Gasteiger charge is 2.29. The van der Waals surface area contributed by atoms with Crippen LogP contribution in [0.3, 0.4) is 0 Å². The molecule has 3 aromatic rings. The van der Waals surface area contributed by atoms with Gasteiger partial charge >= 0.3 is 0 Å². The highest BCUT2D eigenvalue weighted by Crippen LogP contribution is 2.29. The quantitative estimate of drug-likeness (QED) is 0.395. The van der Waals surface area contributed by atoms with E-state index in [4.69, 9.17) is 21.1 Å². The molecule has 35 heavy (non-hydrogen) atoms. The molecule has 0 spiro atoms. The third kappa shape index (κ3) is 6.75. The van der Waals surface area contributed by atoms with E-state index in [9.17, 15) is 13.2 Å². The van der Waals surface area contributed by atoms with Gasteiger partial charge < -0.3 is 14.8 Å². The summed E-state index contributed by atoms with van der Waals surface area (Å²) >= 11 is 6.18. The second-order valence-electron chi connectivity index (χ2n) is 8.27. The fraction of sp³-hybridized carbons (Fsp3) is 0.269. The van der Waals surface area contributed by atoms with Gasteiger partial charge in [0.2, 0.25) is 15.9 Å². The lowest BCUT2D eigenvalue weighted by Gasteiger charge is -2.20. The minimum atomic E-state index is -4.12. The zero-order valence-corrected chi connectivity index (χ0v) is 21.6. The standard InChI is InChI=1S/C26H29ClN2O5S/c1-17(2)19-10-12-24(34-4)25(15-19)35(31,32)29-22(14-18-8-6-5-7-9-18)26(30)28-20-11-13-23(33-3)21(27)16-20/h5-13,15-17,22,29H,14H2,1-4H3,(H,28,30). The van der Waals surface area contributed by atoms with Crippen molar-refractivity contribution >= 4 is 33.2 Å². The Bertz CT molecular complexity index is 1280. The van der Waals surface area contributed by atoms with Gasteiger partial charge in [0, 0.05) is 5.69 Å². The zero-order valence-electron chi connectivity index (χ0n) is 20.0. The van der Waals surface area contributed by atoms with Crippen LogP contribution in [-0.2, 0) is 21.2 Å². The molecule has 0 saturated carbocycles. The number of ether oxygens (including phenoxy) is 2. The van der Waals surface area contributed by atoms with Crippen LogP contribution in [0.15, 0.2) is 71.6 Å². The van der Waals surface area contributed by atoms with Crippen molar-refractivity contribution in [3.63, 3.8) is 0 Å². The molecule has 2 N–H and O–H groups in total. The molecule has 0 aliphatic rings. The molecule has 7 nitrogen and oxygen atoms in total. The topological polar surface area (TPSA) is 93.7 Å². The van der Waals surface area contributed by atoms with Crippen LogP contribution in [0.4, 0.5) is 5.69 Å².